The van der Waals surface area contributed by atoms with Crippen LogP contribution in [0.15, 0.2) is 22.6 Å². The second kappa shape index (κ2) is 8.69. The smallest absolute Gasteiger partial charge is 0.396 e. The molecule has 1 amide bonds. The monoisotopic (exact) mass is 497 g/mol. The van der Waals surface area contributed by atoms with Gasteiger partial charge in [-0.3, -0.25) is 4.79 Å². The molecule has 0 radical (unpaired) electrons. The van der Waals surface area contributed by atoms with Crippen molar-refractivity contribution in [2.24, 2.45) is 11.8 Å². The van der Waals surface area contributed by atoms with E-state index in [0.29, 0.717) is 31.3 Å². The Balaban J connectivity index is 1.29. The number of nitrogens with zero attached hydrogens (tertiary/aromatic N) is 2. The van der Waals surface area contributed by atoms with Gasteiger partial charge >= 0.3 is 6.18 Å². The minimum absolute atomic E-state index is 0.0155. The Morgan fingerprint density at radius 1 is 1.26 bits per heavy atom. The molecule has 190 valence electrons. The molecule has 1 aliphatic heterocycles. The number of halogens is 4. The van der Waals surface area contributed by atoms with E-state index in [1.807, 2.05) is 6.92 Å². The zero-order valence-electron chi connectivity index (χ0n) is 19.5. The summed E-state index contributed by atoms with van der Waals surface area (Å²) >= 11 is 0. The molecule has 1 saturated heterocycles. The molecule has 2 aliphatic carbocycles. The molecule has 11 heteroatoms. The molecule has 2 unspecified atom stereocenters. The van der Waals surface area contributed by atoms with Crippen LogP contribution in [-0.4, -0.2) is 49.0 Å². The largest absolute Gasteiger partial charge is 0.487 e. The van der Waals surface area contributed by atoms with Crippen molar-refractivity contribution < 1.29 is 36.2 Å². The van der Waals surface area contributed by atoms with Gasteiger partial charge in [-0.2, -0.15) is 18.2 Å². The Labute approximate surface area is 199 Å². The van der Waals surface area contributed by atoms with Gasteiger partial charge in [-0.25, -0.2) is 4.39 Å². The van der Waals surface area contributed by atoms with Gasteiger partial charge in [0.25, 0.3) is 11.9 Å². The van der Waals surface area contributed by atoms with Crippen LogP contribution in [0.1, 0.15) is 48.9 Å². The van der Waals surface area contributed by atoms with Gasteiger partial charge in [0.1, 0.15) is 17.8 Å². The second-order valence-electron chi connectivity index (χ2n) is 9.72. The number of alkyl halides is 3. The van der Waals surface area contributed by atoms with E-state index >= 15 is 0 Å². The van der Waals surface area contributed by atoms with Gasteiger partial charge in [-0.15, -0.1) is 0 Å². The molecular formula is C24H27F4N3O4. The summed E-state index contributed by atoms with van der Waals surface area (Å²) in [5.74, 6) is -0.719. The average Bonchev–Trinajstić information content (AvgIpc) is 3.17. The summed E-state index contributed by atoms with van der Waals surface area (Å²) in [5.41, 5.74) is -0.846. The number of amides is 1. The average molecular weight is 497 g/mol. The predicted octanol–water partition coefficient (Wildman–Crippen LogP) is 4.96. The van der Waals surface area contributed by atoms with Crippen molar-refractivity contribution >= 4 is 17.6 Å². The molecule has 2 aromatic rings. The fourth-order valence-corrected chi connectivity index (χ4v) is 5.04. The summed E-state index contributed by atoms with van der Waals surface area (Å²) in [7, 11) is 1.57. The van der Waals surface area contributed by atoms with Gasteiger partial charge in [-0.05, 0) is 49.7 Å². The lowest BCUT2D eigenvalue weighted by Gasteiger charge is -2.47. The number of oxazole rings is 1. The van der Waals surface area contributed by atoms with Crippen LogP contribution < -0.4 is 15.0 Å². The van der Waals surface area contributed by atoms with Gasteiger partial charge in [0.2, 0.25) is 0 Å². The number of rotatable bonds is 8. The van der Waals surface area contributed by atoms with E-state index in [-0.39, 0.29) is 23.6 Å². The van der Waals surface area contributed by atoms with E-state index in [1.165, 1.54) is 18.6 Å². The van der Waals surface area contributed by atoms with E-state index in [2.05, 4.69) is 10.3 Å². The minimum Gasteiger partial charge on any atom is -0.487 e. The van der Waals surface area contributed by atoms with Crippen molar-refractivity contribution in [3.63, 3.8) is 0 Å². The molecule has 1 aromatic heterocycles. The van der Waals surface area contributed by atoms with Crippen LogP contribution in [0.2, 0.25) is 0 Å². The first kappa shape index (κ1) is 23.9. The van der Waals surface area contributed by atoms with Gasteiger partial charge in [0.15, 0.2) is 17.3 Å². The Morgan fingerprint density at radius 3 is 2.57 bits per heavy atom. The molecule has 7 nitrogen and oxygen atoms in total. The fourth-order valence-electron chi connectivity index (χ4n) is 5.04. The summed E-state index contributed by atoms with van der Waals surface area (Å²) in [6.07, 6.45) is -2.32. The Morgan fingerprint density at radius 2 is 1.97 bits per heavy atom. The molecule has 1 aromatic carbocycles. The molecule has 3 fully saturated rings. The number of carbonyl (C=O) groups excluding carboxylic acids is 1. The van der Waals surface area contributed by atoms with Gasteiger partial charge in [0.05, 0.1) is 19.2 Å². The van der Waals surface area contributed by atoms with E-state index in [9.17, 15) is 22.4 Å². The number of methoxy groups -OCH3 is 1. The number of anilines is 2. The second-order valence-corrected chi connectivity index (χ2v) is 9.72. The van der Waals surface area contributed by atoms with E-state index < -0.39 is 41.4 Å². The van der Waals surface area contributed by atoms with Crippen LogP contribution in [0.25, 0.3) is 0 Å². The van der Waals surface area contributed by atoms with Crippen LogP contribution in [0, 0.1) is 17.7 Å². The van der Waals surface area contributed by atoms with Crippen molar-refractivity contribution in [1.29, 1.82) is 0 Å². The molecule has 5 rings (SSSR count). The molecule has 2 saturated carbocycles. The molecule has 0 spiro atoms. The van der Waals surface area contributed by atoms with Crippen LogP contribution in [0.3, 0.4) is 0 Å². The molecule has 2 heterocycles. The normalized spacial score (nSPS) is 24.6. The molecule has 3 aliphatic rings. The number of ether oxygens (including phenoxy) is 2. The highest BCUT2D eigenvalue weighted by atomic mass is 19.4. The minimum atomic E-state index is -4.60. The standard InChI is InChI=1S/C24H27F4N3O4/c1-3-23(33-2)11-31(12-23)22-30-20(19(35-22)10-24(26,27)28)21(32)29-15-4-5-18(17(25)9-15)34-16-7-13-6-14(13)8-16/h4-5,9,13-14,16H,3,6-8,10-12H2,1-2H3,(H,29,32)/t13-,14?,16?/m1/s1. The van der Waals surface area contributed by atoms with E-state index in [1.54, 1.807) is 12.0 Å². The van der Waals surface area contributed by atoms with Crippen molar-refractivity contribution in [3.05, 3.63) is 35.5 Å². The highest BCUT2D eigenvalue weighted by Crippen LogP contribution is 2.52. The Kier molecular flexibility index (Phi) is 5.93. The number of aromatic nitrogens is 1. The van der Waals surface area contributed by atoms with Crippen molar-refractivity contribution in [3.8, 4) is 5.75 Å². The van der Waals surface area contributed by atoms with E-state index in [4.69, 9.17) is 13.9 Å². The van der Waals surface area contributed by atoms with Crippen molar-refractivity contribution in [2.75, 3.05) is 30.4 Å². The maximum Gasteiger partial charge on any atom is 0.396 e. The topological polar surface area (TPSA) is 76.8 Å². The first-order valence-electron chi connectivity index (χ1n) is 11.7. The lowest BCUT2D eigenvalue weighted by molar-refractivity contribution is -0.130. The first-order valence-corrected chi connectivity index (χ1v) is 11.7. The molecule has 35 heavy (non-hydrogen) atoms. The first-order chi connectivity index (χ1) is 16.6. The number of hydrogen-bond acceptors (Lipinski definition) is 6. The third-order valence-corrected chi connectivity index (χ3v) is 7.25. The third-order valence-electron chi connectivity index (χ3n) is 7.25. The zero-order valence-corrected chi connectivity index (χ0v) is 19.5. The summed E-state index contributed by atoms with van der Waals surface area (Å²) in [6, 6.07) is 3.85. The van der Waals surface area contributed by atoms with Crippen LogP contribution in [0.4, 0.5) is 29.3 Å². The lowest BCUT2D eigenvalue weighted by atomic mass is 9.91. The lowest BCUT2D eigenvalue weighted by Crippen LogP contribution is -2.62. The quantitative estimate of drug-likeness (QED) is 0.520. The number of hydrogen-bond donors (Lipinski definition) is 1. The summed E-state index contributed by atoms with van der Waals surface area (Å²) in [4.78, 5) is 18.5. The zero-order chi connectivity index (χ0) is 25.0. The van der Waals surface area contributed by atoms with Crippen LogP contribution >= 0.6 is 0 Å². The maximum atomic E-state index is 14.6. The SMILES string of the molecule is CCC1(OC)CN(c2nc(C(=O)Nc3ccc(OC4CC5C[C@@H]5C4)c(F)c3)c(CC(F)(F)F)o2)C1. The molecule has 0 bridgehead atoms. The maximum absolute atomic E-state index is 14.6. The van der Waals surface area contributed by atoms with E-state index in [0.717, 1.165) is 18.9 Å². The molecule has 1 N–H and O–H groups in total. The third kappa shape index (κ3) is 4.96. The van der Waals surface area contributed by atoms with Gasteiger partial charge < -0.3 is 24.1 Å². The number of benzene rings is 1. The van der Waals surface area contributed by atoms with Gasteiger partial charge in [0, 0.05) is 18.9 Å². The van der Waals surface area contributed by atoms with Crippen molar-refractivity contribution in [1.82, 2.24) is 4.98 Å². The Bertz CT molecular complexity index is 1100. The number of fused-ring (bicyclic) bond motifs is 1. The van der Waals surface area contributed by atoms with Crippen molar-refractivity contribution in [2.45, 2.75) is 56.9 Å². The summed E-state index contributed by atoms with van der Waals surface area (Å²) < 4.78 is 70.5. The van der Waals surface area contributed by atoms with Gasteiger partial charge in [-0.1, -0.05) is 6.92 Å². The number of nitrogens with one attached hydrogen (secondary N) is 1. The summed E-state index contributed by atoms with van der Waals surface area (Å²) in [6.45, 7) is 2.69. The molecule has 3 atom stereocenters. The molecular weight excluding hydrogens is 470 g/mol. The highest BCUT2D eigenvalue weighted by Gasteiger charge is 2.47. The fraction of sp³-hybridized carbons (Fsp3) is 0.583. The van der Waals surface area contributed by atoms with Crippen LogP contribution in [-0.2, 0) is 11.2 Å². The number of carbonyl (C=O) groups is 1. The highest BCUT2D eigenvalue weighted by molar-refractivity contribution is 6.03. The summed E-state index contributed by atoms with van der Waals surface area (Å²) in [5, 5.41) is 2.42. The Hall–Kier alpha value is -2.82. The predicted molar refractivity (Wildman–Crippen MR) is 118 cm³/mol. The van der Waals surface area contributed by atoms with Crippen LogP contribution in [0.5, 0.6) is 5.75 Å².